The minimum Gasteiger partial charge on any atom is -0.302 e. The van der Waals surface area contributed by atoms with E-state index in [1.165, 1.54) is 0 Å². The Morgan fingerprint density at radius 2 is 2.06 bits per heavy atom. The van der Waals surface area contributed by atoms with Gasteiger partial charge in [0, 0.05) is 18.9 Å². The second-order valence-electron chi connectivity index (χ2n) is 4.55. The van der Waals surface area contributed by atoms with E-state index in [1.807, 2.05) is 45.9 Å². The van der Waals surface area contributed by atoms with Gasteiger partial charge < -0.3 is 4.90 Å². The molecular weight excluding hydrogens is 214 g/mol. The normalized spacial score (nSPS) is 11.4. The first-order valence-electron chi connectivity index (χ1n) is 5.60. The molecule has 2 aromatic heterocycles. The third kappa shape index (κ3) is 2.24. The molecule has 0 saturated heterocycles. The zero-order valence-corrected chi connectivity index (χ0v) is 11.0. The van der Waals surface area contributed by atoms with Crippen LogP contribution in [0.1, 0.15) is 17.2 Å². The topological polar surface area (TPSA) is 38.9 Å². The molecule has 0 N–H and O–H groups in total. The molecule has 0 atom stereocenters. The van der Waals surface area contributed by atoms with Crippen LogP contribution in [0.3, 0.4) is 0 Å². The van der Waals surface area contributed by atoms with Gasteiger partial charge in [0.2, 0.25) is 0 Å². The van der Waals surface area contributed by atoms with Crippen LogP contribution in [-0.2, 0) is 13.6 Å². The van der Waals surface area contributed by atoms with Crippen molar-refractivity contribution < 1.29 is 0 Å². The lowest BCUT2D eigenvalue weighted by Gasteiger charge is -2.13. The monoisotopic (exact) mass is 232 g/mol. The Bertz CT molecular complexity index is 521. The van der Waals surface area contributed by atoms with Crippen molar-refractivity contribution >= 4 is 0 Å². The molecule has 5 heteroatoms. The summed E-state index contributed by atoms with van der Waals surface area (Å²) in [5.74, 6) is 1.95. The van der Waals surface area contributed by atoms with Gasteiger partial charge in [-0.1, -0.05) is 0 Å². The van der Waals surface area contributed by atoms with Crippen molar-refractivity contribution in [3.05, 3.63) is 29.5 Å². The summed E-state index contributed by atoms with van der Waals surface area (Å²) in [6.45, 7) is 4.79. The van der Waals surface area contributed by atoms with Crippen LogP contribution < -0.4 is 0 Å². The quantitative estimate of drug-likeness (QED) is 0.795. The largest absolute Gasteiger partial charge is 0.302 e. The van der Waals surface area contributed by atoms with Gasteiger partial charge in [-0.05, 0) is 27.9 Å². The van der Waals surface area contributed by atoms with E-state index in [9.17, 15) is 0 Å². The van der Waals surface area contributed by atoms with Crippen molar-refractivity contribution in [3.63, 3.8) is 0 Å². The Morgan fingerprint density at radius 3 is 2.59 bits per heavy atom. The number of nitrogens with zero attached hydrogens (tertiary/aromatic N) is 5. The predicted octanol–water partition coefficient (Wildman–Crippen LogP) is 1.08. The van der Waals surface area contributed by atoms with Gasteiger partial charge in [-0.25, -0.2) is 4.98 Å². The van der Waals surface area contributed by atoms with Gasteiger partial charge in [-0.2, -0.15) is 5.10 Å². The van der Waals surface area contributed by atoms with Gasteiger partial charge in [-0.3, -0.25) is 9.25 Å². The number of rotatable bonds is 3. The van der Waals surface area contributed by atoms with E-state index in [2.05, 4.69) is 25.6 Å². The van der Waals surface area contributed by atoms with E-state index >= 15 is 0 Å². The van der Waals surface area contributed by atoms with Crippen molar-refractivity contribution in [2.45, 2.75) is 20.4 Å². The van der Waals surface area contributed by atoms with Crippen molar-refractivity contribution in [2.75, 3.05) is 14.1 Å². The molecule has 1 radical (unpaired) electrons. The van der Waals surface area contributed by atoms with Crippen LogP contribution in [0, 0.1) is 19.9 Å². The fraction of sp³-hybridized carbons (Fsp3) is 0.500. The summed E-state index contributed by atoms with van der Waals surface area (Å²) in [5, 5.41) is 4.33. The Kier molecular flexibility index (Phi) is 3.02. The summed E-state index contributed by atoms with van der Waals surface area (Å²) in [6, 6.07) is 3.26. The maximum absolute atomic E-state index is 4.44. The lowest BCUT2D eigenvalue weighted by molar-refractivity contribution is 0.386. The number of aryl methyl sites for hydroxylation is 3. The smallest absolute Gasteiger partial charge is 0.144 e. The van der Waals surface area contributed by atoms with Crippen molar-refractivity contribution in [1.29, 1.82) is 0 Å². The molecule has 0 unspecified atom stereocenters. The number of aromatic nitrogens is 4. The minimum atomic E-state index is 0.798. The molecule has 2 aromatic rings. The van der Waals surface area contributed by atoms with Crippen LogP contribution in [0.5, 0.6) is 0 Å². The summed E-state index contributed by atoms with van der Waals surface area (Å²) >= 11 is 0. The van der Waals surface area contributed by atoms with E-state index in [4.69, 9.17) is 0 Å². The lowest BCUT2D eigenvalue weighted by atomic mass is 10.4. The summed E-state index contributed by atoms with van der Waals surface area (Å²) < 4.78 is 3.93. The molecule has 5 nitrogen and oxygen atoms in total. The van der Waals surface area contributed by atoms with Crippen LogP contribution in [0.2, 0.25) is 0 Å². The molecule has 17 heavy (non-hydrogen) atoms. The van der Waals surface area contributed by atoms with Gasteiger partial charge in [0.15, 0.2) is 0 Å². The van der Waals surface area contributed by atoms with Gasteiger partial charge in [0.05, 0.1) is 18.3 Å². The van der Waals surface area contributed by atoms with Crippen molar-refractivity contribution in [2.24, 2.45) is 7.05 Å². The van der Waals surface area contributed by atoms with Gasteiger partial charge in [0.1, 0.15) is 11.6 Å². The molecule has 0 spiro atoms. The second kappa shape index (κ2) is 4.33. The van der Waals surface area contributed by atoms with E-state index in [0.717, 1.165) is 29.6 Å². The molecule has 0 aliphatic carbocycles. The number of hydrogen-bond acceptors (Lipinski definition) is 3. The molecule has 0 amide bonds. The summed E-state index contributed by atoms with van der Waals surface area (Å²) in [7, 11) is 6.00. The van der Waals surface area contributed by atoms with Crippen LogP contribution in [0.25, 0.3) is 5.82 Å². The minimum absolute atomic E-state index is 0.798. The maximum atomic E-state index is 4.44. The van der Waals surface area contributed by atoms with E-state index in [1.54, 1.807) is 0 Å². The Labute approximate surface area is 102 Å². The number of imidazole rings is 1. The molecule has 0 aromatic carbocycles. The van der Waals surface area contributed by atoms with Crippen LogP contribution in [0.4, 0.5) is 0 Å². The standard InChI is InChI=1S/C12H18N5/c1-9-6-12(16(5)14-9)17-10(2)7-13-11(17)8-15(3)4/h7H,8H2,1-5H3. The molecule has 2 heterocycles. The molecule has 0 aliphatic rings. The van der Waals surface area contributed by atoms with Crippen LogP contribution in [0.15, 0.2) is 6.20 Å². The lowest BCUT2D eigenvalue weighted by Crippen LogP contribution is -2.16. The number of hydrogen-bond donors (Lipinski definition) is 0. The molecule has 0 bridgehead atoms. The third-order valence-corrected chi connectivity index (χ3v) is 2.58. The Hall–Kier alpha value is -1.62. The first-order valence-corrected chi connectivity index (χ1v) is 5.60. The molecular formula is C12H18N5. The maximum Gasteiger partial charge on any atom is 0.144 e. The van der Waals surface area contributed by atoms with Crippen LogP contribution in [-0.4, -0.2) is 38.3 Å². The summed E-state index contributed by atoms with van der Waals surface area (Å²) in [6.07, 6.45) is 1.88. The fourth-order valence-corrected chi connectivity index (χ4v) is 1.91. The molecule has 2 rings (SSSR count). The summed E-state index contributed by atoms with van der Waals surface area (Å²) in [5.41, 5.74) is 1.99. The summed E-state index contributed by atoms with van der Waals surface area (Å²) in [4.78, 5) is 6.54. The third-order valence-electron chi connectivity index (χ3n) is 2.58. The van der Waals surface area contributed by atoms with E-state index in [0.29, 0.717) is 0 Å². The van der Waals surface area contributed by atoms with Crippen LogP contribution >= 0.6 is 0 Å². The molecule has 0 aliphatic heterocycles. The average Bonchev–Trinajstić information content (AvgIpc) is 2.70. The first-order chi connectivity index (χ1) is 7.99. The Morgan fingerprint density at radius 1 is 1.35 bits per heavy atom. The molecule has 0 fully saturated rings. The second-order valence-corrected chi connectivity index (χ2v) is 4.55. The SMILES string of the molecule is Cc1[c]c(-n2c(C)cnc2CN(C)C)n(C)n1. The highest BCUT2D eigenvalue weighted by Gasteiger charge is 2.13. The molecule has 91 valence electrons. The van der Waals surface area contributed by atoms with Gasteiger partial charge in [-0.15, -0.1) is 0 Å². The highest BCUT2D eigenvalue weighted by atomic mass is 15.3. The highest BCUT2D eigenvalue weighted by molar-refractivity contribution is 5.28. The van der Waals surface area contributed by atoms with Gasteiger partial charge >= 0.3 is 0 Å². The fourth-order valence-electron chi connectivity index (χ4n) is 1.91. The van der Waals surface area contributed by atoms with E-state index < -0.39 is 0 Å². The first kappa shape index (κ1) is 11.9. The molecule has 0 saturated carbocycles. The zero-order chi connectivity index (χ0) is 12.6. The van der Waals surface area contributed by atoms with Crippen molar-refractivity contribution in [1.82, 2.24) is 24.2 Å². The highest BCUT2D eigenvalue weighted by Crippen LogP contribution is 2.15. The van der Waals surface area contributed by atoms with E-state index in [-0.39, 0.29) is 0 Å². The Balaban J connectivity index is 2.50. The van der Waals surface area contributed by atoms with Crippen molar-refractivity contribution in [3.8, 4) is 5.82 Å². The predicted molar refractivity (Wildman–Crippen MR) is 66.0 cm³/mol. The van der Waals surface area contributed by atoms with Gasteiger partial charge in [0.25, 0.3) is 0 Å². The zero-order valence-electron chi connectivity index (χ0n) is 11.0. The average molecular weight is 232 g/mol.